The number of hydroxylamine groups is 1. The molecule has 0 aliphatic carbocycles. The Balaban J connectivity index is 2.07. The number of anilines is 1. The van der Waals surface area contributed by atoms with Crippen molar-refractivity contribution in [3.8, 4) is 0 Å². The molecule has 1 N–H and O–H groups in total. The molecule has 1 aromatic carbocycles. The zero-order valence-electron chi connectivity index (χ0n) is 7.63. The lowest BCUT2D eigenvalue weighted by atomic mass is 10.3. The summed E-state index contributed by atoms with van der Waals surface area (Å²) in [6, 6.07) is 13.0. The highest BCUT2D eigenvalue weighted by molar-refractivity contribution is 5.42. The van der Waals surface area contributed by atoms with Gasteiger partial charge in [0.05, 0.1) is 12.0 Å². The van der Waals surface area contributed by atoms with Crippen LogP contribution >= 0.6 is 0 Å². The maximum absolute atomic E-state index is 9.67. The van der Waals surface area contributed by atoms with Crippen LogP contribution in [0.5, 0.6) is 0 Å². The molecule has 1 aromatic heterocycles. The fraction of sp³-hybridized carbons (Fsp3) is 0.0909. The van der Waals surface area contributed by atoms with E-state index in [1.807, 2.05) is 36.4 Å². The average Bonchev–Trinajstić information content (AvgIpc) is 2.72. The van der Waals surface area contributed by atoms with Gasteiger partial charge in [0.15, 0.2) is 0 Å². The highest BCUT2D eigenvalue weighted by atomic mass is 16.5. The van der Waals surface area contributed by atoms with E-state index < -0.39 is 0 Å². The Hall–Kier alpha value is -1.74. The molecule has 3 nitrogen and oxygen atoms in total. The van der Waals surface area contributed by atoms with Gasteiger partial charge in [0.1, 0.15) is 12.3 Å². The lowest BCUT2D eigenvalue weighted by molar-refractivity contribution is 0.240. The van der Waals surface area contributed by atoms with Gasteiger partial charge in [-0.1, -0.05) is 18.2 Å². The van der Waals surface area contributed by atoms with E-state index in [0.29, 0.717) is 6.54 Å². The van der Waals surface area contributed by atoms with Gasteiger partial charge in [-0.15, -0.1) is 0 Å². The highest BCUT2D eigenvalue weighted by Crippen LogP contribution is 2.14. The van der Waals surface area contributed by atoms with Gasteiger partial charge in [0.2, 0.25) is 0 Å². The van der Waals surface area contributed by atoms with Crippen molar-refractivity contribution in [2.24, 2.45) is 0 Å². The van der Waals surface area contributed by atoms with Crippen LogP contribution in [0, 0.1) is 0 Å². The van der Waals surface area contributed by atoms with Crippen LogP contribution in [-0.2, 0) is 6.54 Å². The van der Waals surface area contributed by atoms with Crippen molar-refractivity contribution >= 4 is 5.69 Å². The van der Waals surface area contributed by atoms with E-state index in [1.165, 1.54) is 0 Å². The summed E-state index contributed by atoms with van der Waals surface area (Å²) in [5, 5.41) is 10.8. The summed E-state index contributed by atoms with van der Waals surface area (Å²) in [6.07, 6.45) is 1.59. The van der Waals surface area contributed by atoms with Crippen LogP contribution in [0.2, 0.25) is 0 Å². The topological polar surface area (TPSA) is 36.6 Å². The summed E-state index contributed by atoms with van der Waals surface area (Å²) in [6.45, 7) is 0.358. The molecule has 0 unspecified atom stereocenters. The van der Waals surface area contributed by atoms with Gasteiger partial charge >= 0.3 is 0 Å². The van der Waals surface area contributed by atoms with Crippen LogP contribution in [0.4, 0.5) is 5.69 Å². The fourth-order valence-corrected chi connectivity index (χ4v) is 1.24. The number of hydrogen-bond donors (Lipinski definition) is 1. The zero-order valence-corrected chi connectivity index (χ0v) is 7.63. The number of para-hydroxylation sites is 1. The molecule has 0 atom stereocenters. The second-order valence-corrected chi connectivity index (χ2v) is 2.97. The molecule has 0 bridgehead atoms. The summed E-state index contributed by atoms with van der Waals surface area (Å²) in [7, 11) is 0. The molecule has 0 fully saturated rings. The number of benzene rings is 1. The Morgan fingerprint density at radius 1 is 1.07 bits per heavy atom. The van der Waals surface area contributed by atoms with Crippen LogP contribution in [0.15, 0.2) is 53.1 Å². The van der Waals surface area contributed by atoms with Crippen molar-refractivity contribution in [1.29, 1.82) is 0 Å². The Kier molecular flexibility index (Phi) is 2.51. The largest absolute Gasteiger partial charge is 0.467 e. The average molecular weight is 189 g/mol. The molecule has 0 spiro atoms. The summed E-state index contributed by atoms with van der Waals surface area (Å²) in [5.74, 6) is 0.733. The van der Waals surface area contributed by atoms with Gasteiger partial charge in [-0.25, -0.2) is 5.06 Å². The minimum atomic E-state index is 0.358. The third kappa shape index (κ3) is 1.95. The number of nitrogens with zero attached hydrogens (tertiary/aromatic N) is 1. The lowest BCUT2D eigenvalue weighted by Gasteiger charge is -2.14. The Labute approximate surface area is 82.2 Å². The standard InChI is InChI=1S/C11H11NO2/c13-12(9-11-7-4-8-14-11)10-5-2-1-3-6-10/h1-8,13H,9H2. The quantitative estimate of drug-likeness (QED) is 0.754. The maximum Gasteiger partial charge on any atom is 0.125 e. The molecule has 14 heavy (non-hydrogen) atoms. The molecule has 3 heteroatoms. The minimum Gasteiger partial charge on any atom is -0.467 e. The number of hydrogen-bond acceptors (Lipinski definition) is 3. The molecule has 0 aliphatic rings. The zero-order chi connectivity index (χ0) is 9.80. The molecule has 0 saturated heterocycles. The summed E-state index contributed by atoms with van der Waals surface area (Å²) in [4.78, 5) is 0. The molecule has 0 amide bonds. The molecule has 2 aromatic rings. The molecular formula is C11H11NO2. The molecule has 0 saturated carbocycles. The van der Waals surface area contributed by atoms with Gasteiger partial charge < -0.3 is 4.42 Å². The van der Waals surface area contributed by atoms with Crippen molar-refractivity contribution < 1.29 is 9.62 Å². The normalized spacial score (nSPS) is 10.1. The van der Waals surface area contributed by atoms with Crippen LogP contribution in [0.1, 0.15) is 5.76 Å². The first-order chi connectivity index (χ1) is 6.86. The smallest absolute Gasteiger partial charge is 0.125 e. The molecule has 72 valence electrons. The van der Waals surface area contributed by atoms with E-state index >= 15 is 0 Å². The van der Waals surface area contributed by atoms with Crippen molar-refractivity contribution in [3.63, 3.8) is 0 Å². The Bertz CT molecular complexity index is 369. The van der Waals surface area contributed by atoms with Crippen LogP contribution < -0.4 is 5.06 Å². The van der Waals surface area contributed by atoms with Gasteiger partial charge in [-0.05, 0) is 24.3 Å². The van der Waals surface area contributed by atoms with Gasteiger partial charge in [0.25, 0.3) is 0 Å². The summed E-state index contributed by atoms with van der Waals surface area (Å²) in [5.41, 5.74) is 0.754. The summed E-state index contributed by atoms with van der Waals surface area (Å²) < 4.78 is 5.12. The third-order valence-corrected chi connectivity index (χ3v) is 1.94. The molecule has 2 rings (SSSR count). The van der Waals surface area contributed by atoms with Crippen molar-refractivity contribution in [2.45, 2.75) is 6.54 Å². The molecule has 1 heterocycles. The predicted molar refractivity (Wildman–Crippen MR) is 53.1 cm³/mol. The highest BCUT2D eigenvalue weighted by Gasteiger charge is 2.04. The monoisotopic (exact) mass is 189 g/mol. The lowest BCUT2D eigenvalue weighted by Crippen LogP contribution is -2.16. The first-order valence-corrected chi connectivity index (χ1v) is 4.40. The van der Waals surface area contributed by atoms with E-state index in [0.717, 1.165) is 16.5 Å². The SMILES string of the molecule is ON(Cc1ccco1)c1ccccc1. The summed E-state index contributed by atoms with van der Waals surface area (Å²) >= 11 is 0. The van der Waals surface area contributed by atoms with Crippen LogP contribution in [0.25, 0.3) is 0 Å². The van der Waals surface area contributed by atoms with E-state index in [2.05, 4.69) is 0 Å². The minimum absolute atomic E-state index is 0.358. The van der Waals surface area contributed by atoms with E-state index in [9.17, 15) is 5.21 Å². The van der Waals surface area contributed by atoms with Gasteiger partial charge in [-0.3, -0.25) is 5.21 Å². The third-order valence-electron chi connectivity index (χ3n) is 1.94. The van der Waals surface area contributed by atoms with Gasteiger partial charge in [0, 0.05) is 0 Å². The van der Waals surface area contributed by atoms with Crippen molar-refractivity contribution in [3.05, 3.63) is 54.5 Å². The second-order valence-electron chi connectivity index (χ2n) is 2.97. The van der Waals surface area contributed by atoms with E-state index in [-0.39, 0.29) is 0 Å². The van der Waals surface area contributed by atoms with E-state index in [1.54, 1.807) is 12.3 Å². The van der Waals surface area contributed by atoms with E-state index in [4.69, 9.17) is 4.42 Å². The first-order valence-electron chi connectivity index (χ1n) is 4.40. The Morgan fingerprint density at radius 3 is 2.50 bits per heavy atom. The van der Waals surface area contributed by atoms with Crippen molar-refractivity contribution in [1.82, 2.24) is 0 Å². The number of rotatable bonds is 3. The Morgan fingerprint density at radius 2 is 1.86 bits per heavy atom. The molecular weight excluding hydrogens is 178 g/mol. The predicted octanol–water partition coefficient (Wildman–Crippen LogP) is 2.68. The van der Waals surface area contributed by atoms with Crippen molar-refractivity contribution in [2.75, 3.05) is 5.06 Å². The molecule has 0 radical (unpaired) electrons. The first kappa shape index (κ1) is 8.84. The van der Waals surface area contributed by atoms with Crippen LogP contribution in [0.3, 0.4) is 0 Å². The van der Waals surface area contributed by atoms with Crippen LogP contribution in [-0.4, -0.2) is 5.21 Å². The number of furan rings is 1. The second kappa shape index (κ2) is 3.98. The van der Waals surface area contributed by atoms with Gasteiger partial charge in [-0.2, -0.15) is 0 Å². The fourth-order valence-electron chi connectivity index (χ4n) is 1.24. The molecule has 0 aliphatic heterocycles. The maximum atomic E-state index is 9.67.